The van der Waals surface area contributed by atoms with E-state index >= 15 is 0 Å². The lowest BCUT2D eigenvalue weighted by Gasteiger charge is -2.38. The van der Waals surface area contributed by atoms with Gasteiger partial charge in [0.05, 0.1) is 120 Å². The maximum Gasteiger partial charge on any atom is 0.254 e. The molecule has 7 N–H and O–H groups in total. The molecule has 780 valence electrons. The molecule has 6 aromatic carbocycles. The lowest BCUT2D eigenvalue weighted by molar-refractivity contribution is -0.137. The number of hydrogen-bond donors (Lipinski definition) is 7. The maximum atomic E-state index is 13.8. The maximum absolute atomic E-state index is 13.8. The zero-order valence-corrected chi connectivity index (χ0v) is 89.5. The summed E-state index contributed by atoms with van der Waals surface area (Å²) >= 11 is 19.4. The summed E-state index contributed by atoms with van der Waals surface area (Å²) in [4.78, 5) is 124. The number of likely N-dealkylation sites (N-methyl/N-ethyl adjacent to an activating group) is 2. The first kappa shape index (κ1) is 107. The molecule has 9 aliphatic heterocycles. The molecule has 6 fully saturated rings. The first-order valence-electron chi connectivity index (χ1n) is 50.2. The van der Waals surface area contributed by atoms with Crippen LogP contribution in [0.3, 0.4) is 0 Å². The number of carbonyl (C=O) groups excluding carboxylic acids is 6. The van der Waals surface area contributed by atoms with E-state index in [9.17, 15) is 54.0 Å². The number of ether oxygens (including phenoxy) is 3. The first-order valence-corrected chi connectivity index (χ1v) is 56.0. The fourth-order valence-electron chi connectivity index (χ4n) is 20.0. The van der Waals surface area contributed by atoms with Crippen molar-refractivity contribution in [2.45, 2.75) is 265 Å². The van der Waals surface area contributed by atoms with Crippen molar-refractivity contribution >= 4 is 169 Å². The number of carbonyl (C=O) groups is 6. The highest BCUT2D eigenvalue weighted by Gasteiger charge is 2.44. The zero-order valence-electron chi connectivity index (χ0n) is 84.8. The number of sulfone groups is 3. The molecule has 12 heterocycles. The number of rotatable bonds is 30. The van der Waals surface area contributed by atoms with Gasteiger partial charge in [0.15, 0.2) is 47.0 Å². The lowest BCUT2D eigenvalue weighted by Crippen LogP contribution is -2.51. The third-order valence-electron chi connectivity index (χ3n) is 28.0. The van der Waals surface area contributed by atoms with E-state index < -0.39 is 45.3 Å². The molecular weight excluding hydrogens is 1990 g/mol. The van der Waals surface area contributed by atoms with E-state index in [0.29, 0.717) is 127 Å². The molecular formula is C104H130Cl3N21O15S3. The van der Waals surface area contributed by atoms with Crippen molar-refractivity contribution in [2.75, 3.05) is 105 Å². The number of likely N-dealkylation sites (tertiary alicyclic amines) is 5. The highest BCUT2D eigenvalue weighted by atomic mass is 35.5. The quantitative estimate of drug-likeness (QED) is 0.0220. The predicted molar refractivity (Wildman–Crippen MR) is 564 cm³/mol. The summed E-state index contributed by atoms with van der Waals surface area (Å²) in [5.41, 5.74) is 6.91. The third-order valence-corrected chi connectivity index (χ3v) is 35.5. The summed E-state index contributed by atoms with van der Waals surface area (Å²) in [6.45, 7) is 29.4. The molecule has 9 aromatic rings. The number of amides is 6. The Hall–Kier alpha value is -11.8. The van der Waals surface area contributed by atoms with Gasteiger partial charge in [0.2, 0.25) is 35.6 Å². The van der Waals surface area contributed by atoms with Gasteiger partial charge in [-0.25, -0.2) is 40.2 Å². The second kappa shape index (κ2) is 45.5. The molecule has 18 rings (SSSR count). The number of aromatic nitrogens is 6. The summed E-state index contributed by atoms with van der Waals surface area (Å²) < 4.78 is 96.7. The minimum absolute atomic E-state index is 0.0340. The number of fused-ring (bicyclic) bond motifs is 3. The van der Waals surface area contributed by atoms with Gasteiger partial charge < -0.3 is 80.8 Å². The fraction of sp³-hybridized carbons (Fsp3) is 0.481. The summed E-state index contributed by atoms with van der Waals surface area (Å²) in [5.74, 6) is 3.20. The number of piperidine rings is 3. The molecule has 0 bridgehead atoms. The Balaban J connectivity index is 0.000000157. The largest absolute Gasteiger partial charge is 0.489 e. The Morgan fingerprint density at radius 1 is 0.370 bits per heavy atom. The van der Waals surface area contributed by atoms with Crippen LogP contribution < -0.4 is 51.4 Å². The number of hydrogen-bond acceptors (Lipinski definition) is 30. The van der Waals surface area contributed by atoms with E-state index in [1.54, 1.807) is 133 Å². The molecule has 6 saturated heterocycles. The van der Waals surface area contributed by atoms with Crippen LogP contribution >= 0.6 is 34.8 Å². The molecule has 36 nitrogen and oxygen atoms in total. The van der Waals surface area contributed by atoms with Crippen LogP contribution in [0.4, 0.5) is 69.4 Å². The Bertz CT molecular complexity index is 6490. The van der Waals surface area contributed by atoms with E-state index in [2.05, 4.69) is 76.9 Å². The second-order valence-corrected chi connectivity index (χ2v) is 48.7. The van der Waals surface area contributed by atoms with E-state index in [1.807, 2.05) is 103 Å². The Morgan fingerprint density at radius 3 is 0.918 bits per heavy atom. The highest BCUT2D eigenvalue weighted by Crippen LogP contribution is 2.45. The molecule has 9 aliphatic rings. The smallest absolute Gasteiger partial charge is 0.254 e. The topological polar surface area (TPSA) is 420 Å². The SMILES string of the molecule is CC(C)Oc1cc2c(cc1Nc1ncc(Cl)c(Nc3ccccc3S(=O)(=O)C(C)C)n1)C(=O)N(C1CCN(C(=O)C3CCCN3)CC1)C2.CC(C)Oc1cc2c(cc1Nc1ncc(Cl)c(Nc3ccccc3S(=O)(=O)C(C)C)n1)C(=O)N(C1CCN(C(=O)C3CCCN3C)CC1)C2.CC(C)Oc1cc2c(cc1Nc1ncc(Cl)c(Nc3ccccc3S(=O)(=O)C(C)C)n1)C(=O)N(C1CCN(C(=O)[C@@H]3CCCN3C)CC1)C2. The van der Waals surface area contributed by atoms with Crippen LogP contribution in [0.15, 0.2) is 142 Å². The summed E-state index contributed by atoms with van der Waals surface area (Å²) in [7, 11) is -6.74. The van der Waals surface area contributed by atoms with Gasteiger partial charge in [-0.2, -0.15) is 15.0 Å². The van der Waals surface area contributed by atoms with Crippen LogP contribution in [0.25, 0.3) is 0 Å². The molecule has 0 saturated carbocycles. The number of anilines is 12. The van der Waals surface area contributed by atoms with Gasteiger partial charge in [-0.15, -0.1) is 0 Å². The van der Waals surface area contributed by atoms with E-state index in [0.717, 1.165) is 113 Å². The lowest BCUT2D eigenvalue weighted by atomic mass is 10.0. The van der Waals surface area contributed by atoms with Crippen LogP contribution in [-0.2, 0) is 63.5 Å². The first-order chi connectivity index (χ1) is 69.6. The predicted octanol–water partition coefficient (Wildman–Crippen LogP) is 16.5. The summed E-state index contributed by atoms with van der Waals surface area (Å²) in [6, 6.07) is 30.8. The van der Waals surface area contributed by atoms with Gasteiger partial charge >= 0.3 is 0 Å². The van der Waals surface area contributed by atoms with Gasteiger partial charge in [0.1, 0.15) is 32.3 Å². The fourth-order valence-corrected chi connectivity index (χ4v) is 24.0. The van der Waals surface area contributed by atoms with Crippen LogP contribution in [0.2, 0.25) is 15.1 Å². The van der Waals surface area contributed by atoms with Crippen molar-refractivity contribution in [1.82, 2.24) is 74.4 Å². The highest BCUT2D eigenvalue weighted by molar-refractivity contribution is 7.92. The van der Waals surface area contributed by atoms with E-state index in [1.165, 1.54) is 18.6 Å². The monoisotopic (exact) mass is 2110 g/mol. The number of nitrogens with zero attached hydrogens (tertiary/aromatic N) is 14. The van der Waals surface area contributed by atoms with Gasteiger partial charge in [-0.1, -0.05) is 71.2 Å². The number of para-hydroxylation sites is 3. The minimum Gasteiger partial charge on any atom is -0.489 e. The van der Waals surface area contributed by atoms with Crippen LogP contribution in [-0.4, -0.2) is 273 Å². The van der Waals surface area contributed by atoms with Gasteiger partial charge in [-0.05, 0) is 283 Å². The average molecular weight is 2120 g/mol. The van der Waals surface area contributed by atoms with Crippen molar-refractivity contribution in [3.05, 3.63) is 176 Å². The molecule has 3 atom stereocenters. The van der Waals surface area contributed by atoms with Crippen molar-refractivity contribution in [3.63, 3.8) is 0 Å². The van der Waals surface area contributed by atoms with Crippen molar-refractivity contribution < 1.29 is 68.2 Å². The van der Waals surface area contributed by atoms with Crippen LogP contribution in [0, 0.1) is 0 Å². The van der Waals surface area contributed by atoms with E-state index in [-0.39, 0.29) is 155 Å². The molecule has 2 unspecified atom stereocenters. The normalized spacial score (nSPS) is 18.7. The van der Waals surface area contributed by atoms with Gasteiger partial charge in [-0.3, -0.25) is 38.6 Å². The summed E-state index contributed by atoms with van der Waals surface area (Å²) in [6.07, 6.45) is 14.0. The zero-order chi connectivity index (χ0) is 104. The second-order valence-electron chi connectivity index (χ2n) is 40.1. The third kappa shape index (κ3) is 23.8. The molecule has 146 heavy (non-hydrogen) atoms. The Labute approximate surface area is 869 Å². The molecule has 0 radical (unpaired) electrons. The van der Waals surface area contributed by atoms with Gasteiger partial charge in [0, 0.05) is 93.7 Å². The molecule has 0 aliphatic carbocycles. The molecule has 3 aromatic heterocycles. The van der Waals surface area contributed by atoms with Gasteiger partial charge in [0.25, 0.3) is 17.7 Å². The molecule has 6 amide bonds. The van der Waals surface area contributed by atoms with Crippen molar-refractivity contribution in [3.8, 4) is 17.2 Å². The number of nitrogens with one attached hydrogen (secondary N) is 7. The summed E-state index contributed by atoms with van der Waals surface area (Å²) in [5, 5.41) is 20.9. The molecule has 42 heteroatoms. The average Bonchev–Trinajstić information content (AvgIpc) is 1.67. The standard InChI is InChI=1S/2C35H44ClN7O5S.C34H42ClN7O5S/c2*1-21(2)48-30-17-23-20-43(24-12-15-42(16-13-24)34(45)29-10-8-14-41(29)5)33(44)25(23)18-28(30)39-35-37-19-26(36)32(40-35)38-27-9-6-7-11-31(27)49(46,47)22(3)4;1-20(2)47-29-16-22-19-42(23-11-14-41(15-12-23)33(44)27-9-7-13-36-27)32(43)24(22)17-28(29)39-34-37-18-25(35)31(40-34)38-26-8-5-6-10-30(26)48(45,46)21(3)4/h2*6-7,9,11,17-19,21-22,24,29H,8,10,12-16,20H2,1-5H3,(H2,37,38,39,40);5-6,8,10,16-18,20-21,23,27,36H,7,9,11-15,19H2,1-4H3,(H2,37,38,39,40)/t29-;;/m0../s1. The van der Waals surface area contributed by atoms with E-state index in [4.69, 9.17) is 49.0 Å². The van der Waals surface area contributed by atoms with Crippen molar-refractivity contribution in [1.29, 1.82) is 0 Å². The number of benzene rings is 6. The van der Waals surface area contributed by atoms with Crippen LogP contribution in [0.1, 0.15) is 208 Å². The minimum atomic E-state index is -3.59. The Kier molecular flexibility index (Phi) is 33.3. The van der Waals surface area contributed by atoms with Crippen LogP contribution in [0.5, 0.6) is 17.2 Å². The van der Waals surface area contributed by atoms with Crippen molar-refractivity contribution in [2.24, 2.45) is 0 Å². The Morgan fingerprint density at radius 2 is 0.658 bits per heavy atom. The molecule has 0 spiro atoms. The number of halogens is 3.